The molecule has 0 fully saturated rings. The highest BCUT2D eigenvalue weighted by molar-refractivity contribution is 7.85. The lowest BCUT2D eigenvalue weighted by Crippen LogP contribution is -2.36. The molecule has 0 radical (unpaired) electrons. The molecule has 5 N–H and O–H groups in total. The van der Waals surface area contributed by atoms with Crippen molar-refractivity contribution in [1.82, 2.24) is 10.3 Å². The smallest absolute Gasteiger partial charge is 0.261 e. The van der Waals surface area contributed by atoms with Crippen LogP contribution in [0.15, 0.2) is 48.8 Å². The minimum Gasteiger partial charge on any atom is -0.370 e. The molecule has 0 atom stereocenters. The van der Waals surface area contributed by atoms with E-state index in [-0.39, 0.29) is 5.96 Å². The highest BCUT2D eigenvalue weighted by Gasteiger charge is 2.13. The van der Waals surface area contributed by atoms with Crippen molar-refractivity contribution in [3.8, 4) is 0 Å². The zero-order valence-corrected chi connectivity index (χ0v) is 15.1. The van der Waals surface area contributed by atoms with Gasteiger partial charge < -0.3 is 5.73 Å². The van der Waals surface area contributed by atoms with Crippen molar-refractivity contribution in [3.05, 3.63) is 65.5 Å². The third-order valence-corrected chi connectivity index (χ3v) is 2.95. The van der Waals surface area contributed by atoms with Gasteiger partial charge in [-0.15, -0.1) is 0 Å². The van der Waals surface area contributed by atoms with Gasteiger partial charge in [0.25, 0.3) is 16.0 Å². The molecule has 0 aliphatic heterocycles. The maximum absolute atomic E-state index is 12.2. The largest absolute Gasteiger partial charge is 0.370 e. The van der Waals surface area contributed by atoms with Gasteiger partial charge in [0.2, 0.25) is 0 Å². The minimum atomic E-state index is -3.67. The summed E-state index contributed by atoms with van der Waals surface area (Å²) in [6.45, 7) is 1.97. The Morgan fingerprint density at radius 2 is 1.88 bits per heavy atom. The van der Waals surface area contributed by atoms with Crippen LogP contribution in [0.5, 0.6) is 0 Å². The van der Waals surface area contributed by atoms with E-state index >= 15 is 0 Å². The van der Waals surface area contributed by atoms with Crippen molar-refractivity contribution in [2.75, 3.05) is 6.26 Å². The van der Waals surface area contributed by atoms with E-state index in [4.69, 9.17) is 15.7 Å². The Balaban J connectivity index is 0.000000597. The van der Waals surface area contributed by atoms with Gasteiger partial charge in [0.05, 0.1) is 6.26 Å². The van der Waals surface area contributed by atoms with Crippen LogP contribution in [-0.4, -0.2) is 36.1 Å². The van der Waals surface area contributed by atoms with Crippen LogP contribution in [-0.2, 0) is 14.9 Å². The van der Waals surface area contributed by atoms with E-state index < -0.39 is 16.0 Å². The predicted octanol–water partition coefficient (Wildman–Crippen LogP) is 1.44. The Kier molecular flexibility index (Phi) is 7.63. The first-order valence-corrected chi connectivity index (χ1v) is 9.18. The molecule has 8 nitrogen and oxygen atoms in total. The first-order valence-electron chi connectivity index (χ1n) is 7.33. The summed E-state index contributed by atoms with van der Waals surface area (Å²) in [6.07, 6.45) is 5.72. The number of hydrogen-bond acceptors (Lipinski definition) is 5. The summed E-state index contributed by atoms with van der Waals surface area (Å²) in [4.78, 5) is 16.3. The van der Waals surface area contributed by atoms with Crippen LogP contribution in [0.2, 0.25) is 0 Å². The van der Waals surface area contributed by atoms with E-state index in [1.165, 1.54) is 0 Å². The van der Waals surface area contributed by atoms with Crippen LogP contribution in [0.1, 0.15) is 16.7 Å². The number of nitrogens with zero attached hydrogens (tertiary/aromatic N) is 1. The molecular weight excluding hydrogens is 356 g/mol. The monoisotopic (exact) mass is 376 g/mol. The fourth-order valence-electron chi connectivity index (χ4n) is 1.90. The van der Waals surface area contributed by atoms with Gasteiger partial charge in [-0.3, -0.25) is 25.1 Å². The van der Waals surface area contributed by atoms with Crippen molar-refractivity contribution in [2.45, 2.75) is 6.92 Å². The summed E-state index contributed by atoms with van der Waals surface area (Å²) >= 11 is 0. The van der Waals surface area contributed by atoms with E-state index in [0.717, 1.165) is 11.1 Å². The summed E-state index contributed by atoms with van der Waals surface area (Å²) in [7, 11) is -3.67. The van der Waals surface area contributed by atoms with E-state index in [2.05, 4.69) is 10.3 Å². The quantitative estimate of drug-likeness (QED) is 0.276. The molecule has 2 aromatic rings. The van der Waals surface area contributed by atoms with E-state index in [9.17, 15) is 13.2 Å². The van der Waals surface area contributed by atoms with Crippen molar-refractivity contribution in [3.63, 3.8) is 0 Å². The van der Waals surface area contributed by atoms with Gasteiger partial charge in [0, 0.05) is 23.5 Å². The van der Waals surface area contributed by atoms with Gasteiger partial charge in [0.1, 0.15) is 0 Å². The number of amides is 1. The molecule has 1 heterocycles. The van der Waals surface area contributed by atoms with Gasteiger partial charge in [-0.05, 0) is 30.2 Å². The number of nitrogens with one attached hydrogen (secondary N) is 2. The lowest BCUT2D eigenvalue weighted by atomic mass is 10.0. The second kappa shape index (κ2) is 9.44. The van der Waals surface area contributed by atoms with Gasteiger partial charge in [0.15, 0.2) is 5.96 Å². The number of pyridine rings is 1. The third kappa shape index (κ3) is 8.18. The average molecular weight is 376 g/mol. The number of hydrogen-bond donors (Lipinski definition) is 4. The van der Waals surface area contributed by atoms with Gasteiger partial charge >= 0.3 is 0 Å². The number of rotatable bonds is 3. The van der Waals surface area contributed by atoms with Crippen LogP contribution in [0.25, 0.3) is 11.6 Å². The first kappa shape index (κ1) is 21.0. The topological polar surface area (TPSA) is 146 Å². The summed E-state index contributed by atoms with van der Waals surface area (Å²) in [6, 6.07) is 11.3. The molecule has 9 heteroatoms. The predicted molar refractivity (Wildman–Crippen MR) is 101 cm³/mol. The first-order chi connectivity index (χ1) is 12.1. The molecular formula is C17H20N4O4S. The zero-order chi connectivity index (χ0) is 19.7. The maximum Gasteiger partial charge on any atom is 0.261 e. The molecule has 0 unspecified atom stereocenters. The Hall–Kier alpha value is -3.04. The molecule has 0 saturated carbocycles. The standard InChI is InChI=1S/C16H16N4O.CH4O3S/c1-11-5-2-3-6-12(11)9-14(15(21)20-16(17)18)13-7-4-8-19-10-13;1-5(2,3)4/h2-10H,1H3,(H4,17,18,20,21);1H3,(H,2,3,4)/b14-9+;. The van der Waals surface area contributed by atoms with Crippen molar-refractivity contribution in [2.24, 2.45) is 5.73 Å². The summed E-state index contributed by atoms with van der Waals surface area (Å²) in [5.74, 6) is -0.821. The number of nitrogens with two attached hydrogens (primary N) is 1. The minimum absolute atomic E-state index is 0.389. The molecule has 1 aromatic heterocycles. The number of aryl methyl sites for hydroxylation is 1. The van der Waals surface area contributed by atoms with Crippen LogP contribution in [0.3, 0.4) is 0 Å². The Labute approximate surface area is 152 Å². The van der Waals surface area contributed by atoms with E-state index in [1.807, 2.05) is 31.2 Å². The Morgan fingerprint density at radius 3 is 2.38 bits per heavy atom. The molecule has 1 amide bonds. The third-order valence-electron chi connectivity index (χ3n) is 2.95. The summed E-state index contributed by atoms with van der Waals surface area (Å²) in [5, 5.41) is 9.51. The lowest BCUT2D eigenvalue weighted by Gasteiger charge is -2.09. The van der Waals surface area contributed by atoms with E-state index in [1.54, 1.807) is 30.6 Å². The van der Waals surface area contributed by atoms with Crippen molar-refractivity contribution in [1.29, 1.82) is 5.41 Å². The van der Waals surface area contributed by atoms with Gasteiger partial charge in [-0.1, -0.05) is 30.3 Å². The fraction of sp³-hybridized carbons (Fsp3) is 0.118. The summed E-state index contributed by atoms with van der Waals surface area (Å²) in [5.41, 5.74) is 8.29. The average Bonchev–Trinajstić information content (AvgIpc) is 2.52. The summed E-state index contributed by atoms with van der Waals surface area (Å²) < 4.78 is 25.9. The number of aromatic nitrogens is 1. The molecule has 0 aliphatic carbocycles. The second-order valence-corrected chi connectivity index (χ2v) is 6.72. The highest BCUT2D eigenvalue weighted by atomic mass is 32.2. The molecule has 1 aromatic carbocycles. The molecule has 138 valence electrons. The van der Waals surface area contributed by atoms with Crippen LogP contribution < -0.4 is 11.1 Å². The van der Waals surface area contributed by atoms with Crippen LogP contribution in [0.4, 0.5) is 0 Å². The molecule has 0 spiro atoms. The fourth-order valence-corrected chi connectivity index (χ4v) is 1.90. The lowest BCUT2D eigenvalue weighted by molar-refractivity contribution is -0.114. The maximum atomic E-state index is 12.2. The molecule has 0 saturated heterocycles. The normalized spacial score (nSPS) is 11.1. The zero-order valence-electron chi connectivity index (χ0n) is 14.3. The second-order valence-electron chi connectivity index (χ2n) is 5.26. The number of carbonyl (C=O) groups is 1. The number of carbonyl (C=O) groups excluding carboxylic acids is 1. The van der Waals surface area contributed by atoms with Crippen molar-refractivity contribution >= 4 is 33.6 Å². The molecule has 26 heavy (non-hydrogen) atoms. The number of guanidine groups is 1. The van der Waals surface area contributed by atoms with Gasteiger partial charge in [-0.2, -0.15) is 8.42 Å². The SMILES string of the molecule is CS(=O)(=O)O.Cc1ccccc1/C=C(/C(=O)NC(=N)N)c1cccnc1. The molecule has 2 rings (SSSR count). The molecule has 0 aliphatic rings. The van der Waals surface area contributed by atoms with E-state index in [0.29, 0.717) is 17.4 Å². The Bertz CT molecular complexity index is 901. The van der Waals surface area contributed by atoms with Crippen molar-refractivity contribution < 1.29 is 17.8 Å². The Morgan fingerprint density at radius 1 is 1.27 bits per heavy atom. The van der Waals surface area contributed by atoms with Gasteiger partial charge in [-0.25, -0.2) is 0 Å². The highest BCUT2D eigenvalue weighted by Crippen LogP contribution is 2.19. The number of benzene rings is 1. The van der Waals surface area contributed by atoms with Crippen LogP contribution >= 0.6 is 0 Å². The van der Waals surface area contributed by atoms with Crippen LogP contribution in [0, 0.1) is 12.3 Å². The molecule has 0 bridgehead atoms.